The van der Waals surface area contributed by atoms with E-state index in [9.17, 15) is 14.7 Å². The van der Waals surface area contributed by atoms with E-state index < -0.39 is 17.7 Å². The van der Waals surface area contributed by atoms with Crippen LogP contribution in [0.2, 0.25) is 0 Å². The molecule has 0 bridgehead atoms. The number of methoxy groups -OCH3 is 2. The Morgan fingerprint density at radius 1 is 0.943 bits per heavy atom. The Morgan fingerprint density at radius 2 is 1.63 bits per heavy atom. The summed E-state index contributed by atoms with van der Waals surface area (Å²) in [6.07, 6.45) is 0. The average Bonchev–Trinajstić information content (AvgIpc) is 3.13. The second-order valence-corrected chi connectivity index (χ2v) is 8.84. The molecule has 1 aliphatic rings. The zero-order chi connectivity index (χ0) is 25.3. The smallest absolute Gasteiger partial charge is 0.300 e. The van der Waals surface area contributed by atoms with Crippen molar-refractivity contribution in [1.82, 2.24) is 0 Å². The van der Waals surface area contributed by atoms with Crippen molar-refractivity contribution in [3.8, 4) is 11.5 Å². The van der Waals surface area contributed by atoms with Gasteiger partial charge in [0.15, 0.2) is 0 Å². The summed E-state index contributed by atoms with van der Waals surface area (Å²) in [5.74, 6) is -0.164. The van der Waals surface area contributed by atoms with Gasteiger partial charge >= 0.3 is 0 Å². The lowest BCUT2D eigenvalue weighted by atomic mass is 9.91. The van der Waals surface area contributed by atoms with Crippen molar-refractivity contribution in [2.24, 2.45) is 0 Å². The standard InChI is InChI=1S/C29H29NO5/c1-17(2)23-16-19(10-15-24(23)35-5)27(31)25-26(22-9-7-6-8-18(22)3)30(29(33)28(25)32)20-11-13-21(34-4)14-12-20/h6-17,26,31H,1-5H3/b27-25+. The molecule has 0 aliphatic carbocycles. The first kappa shape index (κ1) is 24.1. The fraction of sp³-hybridized carbons (Fsp3) is 0.241. The number of anilines is 1. The van der Waals surface area contributed by atoms with Gasteiger partial charge in [-0.1, -0.05) is 38.1 Å². The summed E-state index contributed by atoms with van der Waals surface area (Å²) in [6.45, 7) is 5.98. The Morgan fingerprint density at radius 3 is 2.23 bits per heavy atom. The van der Waals surface area contributed by atoms with Gasteiger partial charge in [-0.2, -0.15) is 0 Å². The number of aliphatic hydroxyl groups excluding tert-OH is 1. The predicted octanol–water partition coefficient (Wildman–Crippen LogP) is 5.76. The summed E-state index contributed by atoms with van der Waals surface area (Å²) >= 11 is 0. The topological polar surface area (TPSA) is 76.1 Å². The van der Waals surface area contributed by atoms with Crippen molar-refractivity contribution in [2.45, 2.75) is 32.7 Å². The number of aliphatic hydroxyl groups is 1. The van der Waals surface area contributed by atoms with Crippen LogP contribution in [0.5, 0.6) is 11.5 Å². The lowest BCUT2D eigenvalue weighted by Gasteiger charge is -2.27. The Kier molecular flexibility index (Phi) is 6.65. The van der Waals surface area contributed by atoms with Gasteiger partial charge in [-0.25, -0.2) is 0 Å². The molecule has 4 rings (SSSR count). The van der Waals surface area contributed by atoms with Crippen molar-refractivity contribution in [1.29, 1.82) is 0 Å². The minimum atomic E-state index is -0.783. The molecule has 35 heavy (non-hydrogen) atoms. The van der Waals surface area contributed by atoms with Gasteiger partial charge in [0.25, 0.3) is 11.7 Å². The molecule has 0 aromatic heterocycles. The highest BCUT2D eigenvalue weighted by Crippen LogP contribution is 2.43. The van der Waals surface area contributed by atoms with E-state index in [4.69, 9.17) is 9.47 Å². The van der Waals surface area contributed by atoms with Gasteiger partial charge in [0.1, 0.15) is 17.3 Å². The third-order valence-corrected chi connectivity index (χ3v) is 6.40. The van der Waals surface area contributed by atoms with Crippen LogP contribution in [0, 0.1) is 6.92 Å². The average molecular weight is 472 g/mol. The first-order valence-corrected chi connectivity index (χ1v) is 11.5. The van der Waals surface area contributed by atoms with Gasteiger partial charge in [-0.05, 0) is 72.0 Å². The highest BCUT2D eigenvalue weighted by Gasteiger charge is 2.47. The van der Waals surface area contributed by atoms with Crippen molar-refractivity contribution < 1.29 is 24.2 Å². The number of ether oxygens (including phenoxy) is 2. The zero-order valence-corrected chi connectivity index (χ0v) is 20.5. The molecule has 180 valence electrons. The molecule has 3 aromatic rings. The zero-order valence-electron chi connectivity index (χ0n) is 20.5. The largest absolute Gasteiger partial charge is 0.507 e. The van der Waals surface area contributed by atoms with Crippen molar-refractivity contribution in [2.75, 3.05) is 19.1 Å². The van der Waals surface area contributed by atoms with Crippen LogP contribution in [-0.2, 0) is 9.59 Å². The van der Waals surface area contributed by atoms with E-state index in [-0.39, 0.29) is 17.3 Å². The van der Waals surface area contributed by atoms with Gasteiger partial charge in [-0.3, -0.25) is 14.5 Å². The molecule has 0 spiro atoms. The molecule has 1 heterocycles. The summed E-state index contributed by atoms with van der Waals surface area (Å²) < 4.78 is 10.7. The monoisotopic (exact) mass is 471 g/mol. The van der Waals surface area contributed by atoms with Crippen molar-refractivity contribution >= 4 is 23.1 Å². The lowest BCUT2D eigenvalue weighted by molar-refractivity contribution is -0.132. The van der Waals surface area contributed by atoms with E-state index in [1.54, 1.807) is 50.6 Å². The number of carbonyl (C=O) groups excluding carboxylic acids is 2. The molecule has 0 radical (unpaired) electrons. The molecule has 1 fully saturated rings. The number of aryl methyl sites for hydroxylation is 1. The van der Waals surface area contributed by atoms with Crippen LogP contribution in [0.25, 0.3) is 5.76 Å². The van der Waals surface area contributed by atoms with E-state index in [1.807, 2.05) is 51.1 Å². The Labute approximate surface area is 205 Å². The first-order chi connectivity index (χ1) is 16.8. The number of rotatable bonds is 6. The Balaban J connectivity index is 1.95. The van der Waals surface area contributed by atoms with Crippen LogP contribution in [0.15, 0.2) is 72.3 Å². The van der Waals surface area contributed by atoms with Crippen LogP contribution in [0.1, 0.15) is 48.1 Å². The molecule has 0 saturated carbocycles. The quantitative estimate of drug-likeness (QED) is 0.281. The minimum absolute atomic E-state index is 0.0555. The normalized spacial score (nSPS) is 17.2. The van der Waals surface area contributed by atoms with E-state index in [1.165, 1.54) is 4.90 Å². The number of hydrogen-bond donors (Lipinski definition) is 1. The summed E-state index contributed by atoms with van der Waals surface area (Å²) in [6, 6.07) is 19.0. The molecular weight excluding hydrogens is 442 g/mol. The van der Waals surface area contributed by atoms with E-state index in [0.717, 1.165) is 16.7 Å². The number of carbonyl (C=O) groups is 2. The fourth-order valence-corrected chi connectivity index (χ4v) is 4.52. The molecule has 1 saturated heterocycles. The maximum Gasteiger partial charge on any atom is 0.300 e. The molecule has 1 aliphatic heterocycles. The van der Waals surface area contributed by atoms with Crippen molar-refractivity contribution in [3.63, 3.8) is 0 Å². The Hall–Kier alpha value is -4.06. The number of amides is 1. The summed E-state index contributed by atoms with van der Waals surface area (Å²) in [5.41, 5.74) is 3.62. The minimum Gasteiger partial charge on any atom is -0.507 e. The maximum atomic E-state index is 13.4. The predicted molar refractivity (Wildman–Crippen MR) is 136 cm³/mol. The third kappa shape index (κ3) is 4.28. The van der Waals surface area contributed by atoms with Gasteiger partial charge in [0, 0.05) is 11.3 Å². The second-order valence-electron chi connectivity index (χ2n) is 8.84. The number of ketones is 1. The highest BCUT2D eigenvalue weighted by molar-refractivity contribution is 6.51. The first-order valence-electron chi connectivity index (χ1n) is 11.5. The third-order valence-electron chi connectivity index (χ3n) is 6.40. The van der Waals surface area contributed by atoms with E-state index >= 15 is 0 Å². The van der Waals surface area contributed by atoms with Crippen molar-refractivity contribution in [3.05, 3.63) is 94.6 Å². The van der Waals surface area contributed by atoms with Gasteiger partial charge in [-0.15, -0.1) is 0 Å². The van der Waals surface area contributed by atoms with E-state index in [0.29, 0.717) is 22.7 Å². The van der Waals surface area contributed by atoms with Gasteiger partial charge in [0.2, 0.25) is 0 Å². The van der Waals surface area contributed by atoms with Crippen LogP contribution in [-0.4, -0.2) is 31.0 Å². The van der Waals surface area contributed by atoms with Crippen LogP contribution < -0.4 is 14.4 Å². The second kappa shape index (κ2) is 9.66. The number of Topliss-reactive ketones (excluding diaryl/α,β-unsaturated/α-hetero) is 1. The molecule has 1 unspecified atom stereocenters. The molecule has 6 heteroatoms. The Bertz CT molecular complexity index is 1310. The fourth-order valence-electron chi connectivity index (χ4n) is 4.52. The van der Waals surface area contributed by atoms with Crippen LogP contribution in [0.3, 0.4) is 0 Å². The van der Waals surface area contributed by atoms with Crippen LogP contribution in [0.4, 0.5) is 5.69 Å². The number of nitrogens with zero attached hydrogens (tertiary/aromatic N) is 1. The summed E-state index contributed by atoms with van der Waals surface area (Å²) in [5, 5.41) is 11.5. The number of benzene rings is 3. The lowest BCUT2D eigenvalue weighted by Crippen LogP contribution is -2.29. The molecule has 1 atom stereocenters. The molecule has 6 nitrogen and oxygen atoms in total. The highest BCUT2D eigenvalue weighted by atomic mass is 16.5. The van der Waals surface area contributed by atoms with Gasteiger partial charge < -0.3 is 14.6 Å². The SMILES string of the molecule is COc1ccc(N2C(=O)C(=O)/C(=C(/O)c3ccc(OC)c(C(C)C)c3)C2c2ccccc2C)cc1. The molecular formula is C29H29NO5. The number of hydrogen-bond acceptors (Lipinski definition) is 5. The molecule has 1 amide bonds. The maximum absolute atomic E-state index is 13.4. The van der Waals surface area contributed by atoms with E-state index in [2.05, 4.69) is 0 Å². The summed E-state index contributed by atoms with van der Waals surface area (Å²) in [4.78, 5) is 28.2. The summed E-state index contributed by atoms with van der Waals surface area (Å²) in [7, 11) is 3.16. The molecule has 3 aromatic carbocycles. The molecule has 1 N–H and O–H groups in total. The van der Waals surface area contributed by atoms with Crippen LogP contribution >= 0.6 is 0 Å². The van der Waals surface area contributed by atoms with Gasteiger partial charge in [0.05, 0.1) is 25.8 Å².